The standard InChI is InChI=1S/C16H19NO5/c1-17(15(18)11-3-4-12(7-11)16(19)20)8-10-2-5-13-14(6-10)22-9-21-13/h2,5-6,11-12H,3-4,7-9H2,1H3,(H,19,20)/t11-,12+/m1/s1. The Hall–Kier alpha value is -2.24. The number of carbonyl (C=O) groups is 2. The smallest absolute Gasteiger partial charge is 0.306 e. The first-order valence-corrected chi connectivity index (χ1v) is 7.41. The van der Waals surface area contributed by atoms with Gasteiger partial charge in [0.25, 0.3) is 0 Å². The molecule has 1 aliphatic carbocycles. The number of carbonyl (C=O) groups excluding carboxylic acids is 1. The summed E-state index contributed by atoms with van der Waals surface area (Å²) in [6.45, 7) is 0.704. The van der Waals surface area contributed by atoms with E-state index >= 15 is 0 Å². The predicted molar refractivity (Wildman–Crippen MR) is 77.5 cm³/mol. The van der Waals surface area contributed by atoms with Gasteiger partial charge in [-0.15, -0.1) is 0 Å². The van der Waals surface area contributed by atoms with Gasteiger partial charge in [-0.1, -0.05) is 6.07 Å². The van der Waals surface area contributed by atoms with Gasteiger partial charge >= 0.3 is 5.97 Å². The lowest BCUT2D eigenvalue weighted by atomic mass is 10.0. The van der Waals surface area contributed by atoms with Gasteiger partial charge in [-0.2, -0.15) is 0 Å². The molecule has 1 aliphatic heterocycles. The monoisotopic (exact) mass is 305 g/mol. The molecule has 6 heteroatoms. The summed E-state index contributed by atoms with van der Waals surface area (Å²) in [5, 5.41) is 9.03. The number of fused-ring (bicyclic) bond motifs is 1. The SMILES string of the molecule is CN(Cc1ccc2c(c1)OCO2)C(=O)[C@@H]1CC[C@H](C(=O)O)C1. The minimum atomic E-state index is -0.797. The Kier molecular flexibility index (Phi) is 3.92. The maximum Gasteiger partial charge on any atom is 0.306 e. The minimum absolute atomic E-state index is 0.0152. The lowest BCUT2D eigenvalue weighted by Gasteiger charge is -2.21. The van der Waals surface area contributed by atoms with Crippen molar-refractivity contribution in [3.63, 3.8) is 0 Å². The molecular weight excluding hydrogens is 286 g/mol. The van der Waals surface area contributed by atoms with Crippen LogP contribution < -0.4 is 9.47 Å². The van der Waals surface area contributed by atoms with Gasteiger partial charge < -0.3 is 19.5 Å². The molecule has 0 bridgehead atoms. The van der Waals surface area contributed by atoms with E-state index in [1.807, 2.05) is 18.2 Å². The summed E-state index contributed by atoms with van der Waals surface area (Å²) in [7, 11) is 1.75. The van der Waals surface area contributed by atoms with E-state index in [-0.39, 0.29) is 24.5 Å². The number of nitrogens with zero attached hydrogens (tertiary/aromatic N) is 1. The summed E-state index contributed by atoms with van der Waals surface area (Å²) in [5.74, 6) is 0.0751. The van der Waals surface area contributed by atoms with Crippen molar-refractivity contribution in [3.05, 3.63) is 23.8 Å². The number of hydrogen-bond acceptors (Lipinski definition) is 4. The first-order valence-electron chi connectivity index (χ1n) is 7.41. The summed E-state index contributed by atoms with van der Waals surface area (Å²) in [4.78, 5) is 25.1. The summed E-state index contributed by atoms with van der Waals surface area (Å²) < 4.78 is 10.6. The number of amides is 1. The Morgan fingerprint density at radius 3 is 2.68 bits per heavy atom. The molecule has 1 aromatic rings. The lowest BCUT2D eigenvalue weighted by Crippen LogP contribution is -2.31. The highest BCUT2D eigenvalue weighted by Gasteiger charge is 2.35. The lowest BCUT2D eigenvalue weighted by molar-refractivity contribution is -0.141. The topological polar surface area (TPSA) is 76.1 Å². The summed E-state index contributed by atoms with van der Waals surface area (Å²) in [5.41, 5.74) is 0.966. The fourth-order valence-corrected chi connectivity index (χ4v) is 3.13. The van der Waals surface area contributed by atoms with Crippen LogP contribution in [0.4, 0.5) is 0 Å². The largest absolute Gasteiger partial charge is 0.481 e. The molecule has 1 N–H and O–H groups in total. The van der Waals surface area contributed by atoms with Crippen LogP contribution in [0.1, 0.15) is 24.8 Å². The Labute approximate surface area is 128 Å². The van der Waals surface area contributed by atoms with Crippen molar-refractivity contribution in [2.24, 2.45) is 11.8 Å². The number of carboxylic acid groups (broad SMARTS) is 1. The van der Waals surface area contributed by atoms with E-state index in [0.29, 0.717) is 31.6 Å². The van der Waals surface area contributed by atoms with Gasteiger partial charge in [0, 0.05) is 19.5 Å². The van der Waals surface area contributed by atoms with Crippen molar-refractivity contribution in [1.82, 2.24) is 4.90 Å². The van der Waals surface area contributed by atoms with Crippen LogP contribution in [0.25, 0.3) is 0 Å². The third-order valence-electron chi connectivity index (χ3n) is 4.36. The molecule has 0 aromatic heterocycles. The highest BCUT2D eigenvalue weighted by atomic mass is 16.7. The summed E-state index contributed by atoms with van der Waals surface area (Å²) >= 11 is 0. The molecule has 6 nitrogen and oxygen atoms in total. The highest BCUT2D eigenvalue weighted by Crippen LogP contribution is 2.34. The Bertz CT molecular complexity index is 600. The van der Waals surface area contributed by atoms with Crippen LogP contribution in [0, 0.1) is 11.8 Å². The van der Waals surface area contributed by atoms with Crippen LogP contribution >= 0.6 is 0 Å². The molecule has 2 atom stereocenters. The Morgan fingerprint density at radius 1 is 1.23 bits per heavy atom. The zero-order chi connectivity index (χ0) is 15.7. The van der Waals surface area contributed by atoms with E-state index in [4.69, 9.17) is 14.6 Å². The van der Waals surface area contributed by atoms with Gasteiger partial charge in [0.2, 0.25) is 12.7 Å². The number of ether oxygens (including phenoxy) is 2. The first kappa shape index (κ1) is 14.7. The molecule has 0 spiro atoms. The van der Waals surface area contributed by atoms with Gasteiger partial charge in [0.05, 0.1) is 5.92 Å². The van der Waals surface area contributed by atoms with Crippen molar-refractivity contribution >= 4 is 11.9 Å². The van der Waals surface area contributed by atoms with Gasteiger partial charge in [-0.3, -0.25) is 9.59 Å². The molecule has 0 unspecified atom stereocenters. The first-order chi connectivity index (χ1) is 10.5. The van der Waals surface area contributed by atoms with E-state index in [1.165, 1.54) is 0 Å². The van der Waals surface area contributed by atoms with Crippen molar-refractivity contribution in [3.8, 4) is 11.5 Å². The average molecular weight is 305 g/mol. The zero-order valence-electron chi connectivity index (χ0n) is 12.4. The quantitative estimate of drug-likeness (QED) is 0.919. The Morgan fingerprint density at radius 2 is 1.95 bits per heavy atom. The minimum Gasteiger partial charge on any atom is -0.481 e. The molecule has 22 heavy (non-hydrogen) atoms. The van der Waals surface area contributed by atoms with E-state index in [1.54, 1.807) is 11.9 Å². The van der Waals surface area contributed by atoms with Gasteiger partial charge in [-0.05, 0) is 37.0 Å². The van der Waals surface area contributed by atoms with Crippen molar-refractivity contribution < 1.29 is 24.2 Å². The van der Waals surface area contributed by atoms with Crippen LogP contribution in [0.2, 0.25) is 0 Å². The van der Waals surface area contributed by atoms with E-state index in [2.05, 4.69) is 0 Å². The molecule has 1 heterocycles. The molecule has 2 aliphatic rings. The number of benzene rings is 1. The molecule has 1 amide bonds. The van der Waals surface area contributed by atoms with Gasteiger partial charge in [-0.25, -0.2) is 0 Å². The molecule has 1 fully saturated rings. The maximum atomic E-state index is 12.4. The van der Waals surface area contributed by atoms with Gasteiger partial charge in [0.15, 0.2) is 11.5 Å². The van der Waals surface area contributed by atoms with Crippen LogP contribution in [0.3, 0.4) is 0 Å². The second kappa shape index (κ2) is 5.87. The van der Waals surface area contributed by atoms with Crippen molar-refractivity contribution in [2.45, 2.75) is 25.8 Å². The molecule has 0 saturated heterocycles. The van der Waals surface area contributed by atoms with E-state index in [0.717, 1.165) is 11.3 Å². The average Bonchev–Trinajstić information content (AvgIpc) is 3.15. The normalized spacial score (nSPS) is 22.6. The maximum absolute atomic E-state index is 12.4. The Balaban J connectivity index is 1.61. The van der Waals surface area contributed by atoms with Crippen LogP contribution in [-0.4, -0.2) is 35.7 Å². The second-order valence-corrected chi connectivity index (χ2v) is 5.93. The molecule has 3 rings (SSSR count). The number of rotatable bonds is 4. The fraction of sp³-hybridized carbons (Fsp3) is 0.500. The number of carboxylic acids is 1. The van der Waals surface area contributed by atoms with Gasteiger partial charge in [0.1, 0.15) is 0 Å². The van der Waals surface area contributed by atoms with E-state index in [9.17, 15) is 9.59 Å². The highest BCUT2D eigenvalue weighted by molar-refractivity contribution is 5.80. The summed E-state index contributed by atoms with van der Waals surface area (Å²) in [6.07, 6.45) is 1.69. The van der Waals surface area contributed by atoms with Crippen LogP contribution in [0.5, 0.6) is 11.5 Å². The third kappa shape index (κ3) is 2.86. The predicted octanol–water partition coefficient (Wildman–Crippen LogP) is 1.87. The zero-order valence-corrected chi connectivity index (χ0v) is 12.4. The molecule has 118 valence electrons. The molecular formula is C16H19NO5. The second-order valence-electron chi connectivity index (χ2n) is 5.93. The molecule has 0 radical (unpaired) electrons. The van der Waals surface area contributed by atoms with Crippen molar-refractivity contribution in [2.75, 3.05) is 13.8 Å². The summed E-state index contributed by atoms with van der Waals surface area (Å²) in [6, 6.07) is 5.62. The van der Waals surface area contributed by atoms with E-state index < -0.39 is 5.97 Å². The molecule has 1 saturated carbocycles. The van der Waals surface area contributed by atoms with Crippen LogP contribution in [-0.2, 0) is 16.1 Å². The number of aliphatic carboxylic acids is 1. The third-order valence-corrected chi connectivity index (χ3v) is 4.36. The van der Waals surface area contributed by atoms with Crippen LogP contribution in [0.15, 0.2) is 18.2 Å². The fourth-order valence-electron chi connectivity index (χ4n) is 3.13. The number of hydrogen-bond donors (Lipinski definition) is 1. The molecule has 1 aromatic carbocycles. The van der Waals surface area contributed by atoms with Crippen molar-refractivity contribution in [1.29, 1.82) is 0 Å².